The molecule has 1 N–H and O–H groups in total. The number of halogens is 1. The van der Waals surface area contributed by atoms with Gasteiger partial charge in [-0.1, -0.05) is 35.9 Å². The summed E-state index contributed by atoms with van der Waals surface area (Å²) >= 11 is 0. The van der Waals surface area contributed by atoms with Gasteiger partial charge >= 0.3 is 0 Å². The Labute approximate surface area is 108 Å². The quantitative estimate of drug-likeness (QED) is 0.862. The lowest BCUT2D eigenvalue weighted by atomic mass is 10.1. The molecule has 18 heavy (non-hydrogen) atoms. The first kappa shape index (κ1) is 12.8. The van der Waals surface area contributed by atoms with Crippen molar-refractivity contribution in [3.63, 3.8) is 0 Å². The molecule has 0 aliphatic heterocycles. The van der Waals surface area contributed by atoms with E-state index in [1.165, 1.54) is 17.2 Å². The molecule has 0 saturated heterocycles. The summed E-state index contributed by atoms with van der Waals surface area (Å²) in [4.78, 5) is 0. The average Bonchev–Trinajstić information content (AvgIpc) is 2.34. The van der Waals surface area contributed by atoms with Gasteiger partial charge in [-0.3, -0.25) is 0 Å². The second-order valence-electron chi connectivity index (χ2n) is 4.66. The van der Waals surface area contributed by atoms with Crippen molar-refractivity contribution in [2.24, 2.45) is 0 Å². The van der Waals surface area contributed by atoms with E-state index in [0.29, 0.717) is 0 Å². The van der Waals surface area contributed by atoms with Crippen LogP contribution in [-0.2, 0) is 13.1 Å². The van der Waals surface area contributed by atoms with Crippen molar-refractivity contribution in [1.82, 2.24) is 5.32 Å². The molecule has 0 spiro atoms. The van der Waals surface area contributed by atoms with Crippen LogP contribution in [0.5, 0.6) is 0 Å². The van der Waals surface area contributed by atoms with Gasteiger partial charge in [0.2, 0.25) is 0 Å². The first-order chi connectivity index (χ1) is 8.65. The van der Waals surface area contributed by atoms with Gasteiger partial charge in [0.05, 0.1) is 0 Å². The van der Waals surface area contributed by atoms with Gasteiger partial charge in [0.15, 0.2) is 0 Å². The van der Waals surface area contributed by atoms with Crippen LogP contribution < -0.4 is 5.32 Å². The zero-order chi connectivity index (χ0) is 13.0. The number of benzene rings is 2. The molecule has 1 nitrogen and oxygen atoms in total. The lowest BCUT2D eigenvalue weighted by Crippen LogP contribution is -2.13. The molecule has 0 heterocycles. The zero-order valence-electron chi connectivity index (χ0n) is 10.8. The van der Waals surface area contributed by atoms with Crippen LogP contribution in [0.25, 0.3) is 0 Å². The Morgan fingerprint density at radius 2 is 1.67 bits per heavy atom. The van der Waals surface area contributed by atoms with Crippen LogP contribution in [0.2, 0.25) is 0 Å². The van der Waals surface area contributed by atoms with Gasteiger partial charge in [0.25, 0.3) is 0 Å². The van der Waals surface area contributed by atoms with E-state index >= 15 is 0 Å². The van der Waals surface area contributed by atoms with E-state index in [1.54, 1.807) is 6.07 Å². The molecule has 0 bridgehead atoms. The topological polar surface area (TPSA) is 12.0 Å². The van der Waals surface area contributed by atoms with Crippen LogP contribution in [0.4, 0.5) is 4.39 Å². The molecular formula is C16H18FN. The molecule has 0 amide bonds. The van der Waals surface area contributed by atoms with E-state index in [1.807, 2.05) is 13.0 Å². The summed E-state index contributed by atoms with van der Waals surface area (Å²) in [7, 11) is 0. The molecule has 0 radical (unpaired) electrons. The maximum atomic E-state index is 13.0. The lowest BCUT2D eigenvalue weighted by molar-refractivity contribution is 0.623. The first-order valence-corrected chi connectivity index (χ1v) is 6.16. The minimum Gasteiger partial charge on any atom is -0.309 e. The van der Waals surface area contributed by atoms with Crippen molar-refractivity contribution in [1.29, 1.82) is 0 Å². The van der Waals surface area contributed by atoms with Gasteiger partial charge in [-0.2, -0.15) is 0 Å². The fraction of sp³-hybridized carbons (Fsp3) is 0.250. The number of rotatable bonds is 4. The molecule has 0 atom stereocenters. The van der Waals surface area contributed by atoms with Crippen molar-refractivity contribution in [2.45, 2.75) is 26.9 Å². The summed E-state index contributed by atoms with van der Waals surface area (Å²) in [6, 6.07) is 13.4. The minimum absolute atomic E-state index is 0.171. The van der Waals surface area contributed by atoms with Gasteiger partial charge in [-0.15, -0.1) is 0 Å². The largest absolute Gasteiger partial charge is 0.309 e. The molecule has 2 aromatic rings. The maximum absolute atomic E-state index is 13.0. The Hall–Kier alpha value is -1.67. The summed E-state index contributed by atoms with van der Waals surface area (Å²) in [5.41, 5.74) is 4.67. The zero-order valence-corrected chi connectivity index (χ0v) is 10.8. The fourth-order valence-electron chi connectivity index (χ4n) is 1.91. The van der Waals surface area contributed by atoms with Gasteiger partial charge in [0, 0.05) is 13.1 Å². The van der Waals surface area contributed by atoms with E-state index in [4.69, 9.17) is 0 Å². The highest BCUT2D eigenvalue weighted by Crippen LogP contribution is 2.10. The first-order valence-electron chi connectivity index (χ1n) is 6.16. The Kier molecular flexibility index (Phi) is 4.11. The van der Waals surface area contributed by atoms with Crippen molar-refractivity contribution < 1.29 is 4.39 Å². The van der Waals surface area contributed by atoms with E-state index in [-0.39, 0.29) is 5.82 Å². The highest BCUT2D eigenvalue weighted by Gasteiger charge is 2.00. The molecule has 0 aliphatic carbocycles. The fourth-order valence-corrected chi connectivity index (χ4v) is 1.91. The maximum Gasteiger partial charge on any atom is 0.123 e. The summed E-state index contributed by atoms with van der Waals surface area (Å²) in [5, 5.41) is 3.38. The monoisotopic (exact) mass is 243 g/mol. The minimum atomic E-state index is -0.171. The summed E-state index contributed by atoms with van der Waals surface area (Å²) < 4.78 is 13.0. The number of aryl methyl sites for hydroxylation is 2. The number of nitrogens with one attached hydrogen (secondary N) is 1. The van der Waals surface area contributed by atoms with E-state index in [2.05, 4.69) is 36.5 Å². The van der Waals surface area contributed by atoms with Crippen molar-refractivity contribution >= 4 is 0 Å². The third-order valence-corrected chi connectivity index (χ3v) is 3.07. The highest BCUT2D eigenvalue weighted by molar-refractivity contribution is 5.26. The molecule has 0 fully saturated rings. The van der Waals surface area contributed by atoms with Crippen LogP contribution in [0.3, 0.4) is 0 Å². The summed E-state index contributed by atoms with van der Waals surface area (Å²) in [6.07, 6.45) is 0. The molecule has 0 aromatic heterocycles. The Morgan fingerprint density at radius 3 is 2.33 bits per heavy atom. The average molecular weight is 243 g/mol. The van der Waals surface area contributed by atoms with Crippen molar-refractivity contribution in [2.75, 3.05) is 0 Å². The predicted octanol–water partition coefficient (Wildman–Crippen LogP) is 3.73. The van der Waals surface area contributed by atoms with Gasteiger partial charge in [-0.25, -0.2) is 4.39 Å². The molecule has 2 rings (SSSR count). The Bertz CT molecular complexity index is 517. The summed E-state index contributed by atoms with van der Waals surface area (Å²) in [5.74, 6) is -0.171. The molecule has 0 aliphatic rings. The highest BCUT2D eigenvalue weighted by atomic mass is 19.1. The van der Waals surface area contributed by atoms with Crippen LogP contribution in [0, 0.1) is 19.7 Å². The van der Waals surface area contributed by atoms with Crippen LogP contribution in [0.1, 0.15) is 22.3 Å². The number of hydrogen-bond acceptors (Lipinski definition) is 1. The standard InChI is InChI=1S/C16H18FN/c1-12-3-5-14(6-4-12)10-18-11-15-7-8-16(17)9-13(15)2/h3-9,18H,10-11H2,1-2H3. The second kappa shape index (κ2) is 5.78. The lowest BCUT2D eigenvalue weighted by Gasteiger charge is -2.08. The smallest absolute Gasteiger partial charge is 0.123 e. The van der Waals surface area contributed by atoms with Crippen LogP contribution >= 0.6 is 0 Å². The second-order valence-corrected chi connectivity index (χ2v) is 4.66. The van der Waals surface area contributed by atoms with Gasteiger partial charge < -0.3 is 5.32 Å². The normalized spacial score (nSPS) is 10.6. The molecule has 2 aromatic carbocycles. The van der Waals surface area contributed by atoms with Crippen molar-refractivity contribution in [3.8, 4) is 0 Å². The van der Waals surface area contributed by atoms with Gasteiger partial charge in [-0.05, 0) is 42.7 Å². The van der Waals surface area contributed by atoms with E-state index in [9.17, 15) is 4.39 Å². The molecule has 0 unspecified atom stereocenters. The molecule has 0 saturated carbocycles. The SMILES string of the molecule is Cc1ccc(CNCc2ccc(F)cc2C)cc1. The molecule has 94 valence electrons. The van der Waals surface area contributed by atoms with Crippen LogP contribution in [0.15, 0.2) is 42.5 Å². The van der Waals surface area contributed by atoms with E-state index < -0.39 is 0 Å². The third kappa shape index (κ3) is 3.41. The number of hydrogen-bond donors (Lipinski definition) is 1. The van der Waals surface area contributed by atoms with E-state index in [0.717, 1.165) is 24.2 Å². The van der Waals surface area contributed by atoms with Crippen LogP contribution in [-0.4, -0.2) is 0 Å². The Balaban J connectivity index is 1.90. The molecular weight excluding hydrogens is 225 g/mol. The molecule has 2 heteroatoms. The Morgan fingerprint density at radius 1 is 0.944 bits per heavy atom. The summed E-state index contributed by atoms with van der Waals surface area (Å²) in [6.45, 7) is 5.61. The van der Waals surface area contributed by atoms with Gasteiger partial charge in [0.1, 0.15) is 5.82 Å². The predicted molar refractivity (Wildman–Crippen MR) is 72.9 cm³/mol. The third-order valence-electron chi connectivity index (χ3n) is 3.07. The van der Waals surface area contributed by atoms with Crippen molar-refractivity contribution in [3.05, 3.63) is 70.5 Å².